The molecular weight excluding hydrogens is 337 g/mol. The summed E-state index contributed by atoms with van der Waals surface area (Å²) >= 11 is 0. The van der Waals surface area contributed by atoms with E-state index in [0.29, 0.717) is 11.1 Å². The van der Waals surface area contributed by atoms with E-state index in [1.807, 2.05) is 12.1 Å². The summed E-state index contributed by atoms with van der Waals surface area (Å²) in [6.07, 6.45) is 0.635. The maximum atomic E-state index is 13.2. The second-order valence-corrected chi connectivity index (χ2v) is 6.27. The molecule has 1 N–H and O–H groups in total. The molecule has 132 valence electrons. The minimum atomic E-state index is -1.17. The standard InChI is InChI=1S/C20H16FNO4/c21-14-7-5-12(6-8-14)18(19(23)22-15-9-10-15)26-20(24)17-11-13-3-1-2-4-16(13)25-17/h1-8,11,15,18H,9-10H2,(H,22,23)/t18-/m1/s1. The number of fused-ring (bicyclic) bond motifs is 1. The predicted molar refractivity (Wildman–Crippen MR) is 91.9 cm³/mol. The first kappa shape index (κ1) is 16.3. The molecule has 1 aliphatic rings. The fourth-order valence-electron chi connectivity index (χ4n) is 2.66. The molecule has 0 saturated heterocycles. The van der Waals surface area contributed by atoms with Gasteiger partial charge >= 0.3 is 5.97 Å². The molecule has 26 heavy (non-hydrogen) atoms. The number of rotatable bonds is 5. The Morgan fingerprint density at radius 2 is 1.85 bits per heavy atom. The number of hydrogen-bond acceptors (Lipinski definition) is 4. The van der Waals surface area contributed by atoms with Crippen molar-refractivity contribution in [2.75, 3.05) is 0 Å². The van der Waals surface area contributed by atoms with Gasteiger partial charge in [-0.1, -0.05) is 30.3 Å². The molecule has 1 aliphatic carbocycles. The lowest BCUT2D eigenvalue weighted by Crippen LogP contribution is -2.33. The predicted octanol–water partition coefficient (Wildman–Crippen LogP) is 3.75. The van der Waals surface area contributed by atoms with Crippen LogP contribution in [0.1, 0.15) is 35.1 Å². The van der Waals surface area contributed by atoms with E-state index in [9.17, 15) is 14.0 Å². The van der Waals surface area contributed by atoms with Gasteiger partial charge in [0.05, 0.1) is 0 Å². The first-order valence-electron chi connectivity index (χ1n) is 8.35. The monoisotopic (exact) mass is 353 g/mol. The zero-order chi connectivity index (χ0) is 18.1. The van der Waals surface area contributed by atoms with Crippen LogP contribution in [-0.4, -0.2) is 17.9 Å². The molecule has 6 heteroatoms. The van der Waals surface area contributed by atoms with Crippen LogP contribution in [0.15, 0.2) is 59.0 Å². The Balaban J connectivity index is 1.59. The molecule has 0 spiro atoms. The van der Waals surface area contributed by atoms with Gasteiger partial charge in [-0.25, -0.2) is 9.18 Å². The normalized spacial score (nSPS) is 14.8. The molecule has 0 unspecified atom stereocenters. The van der Waals surface area contributed by atoms with Gasteiger partial charge in [0.15, 0.2) is 0 Å². The molecule has 1 atom stereocenters. The number of ether oxygens (including phenoxy) is 1. The van der Waals surface area contributed by atoms with Crippen molar-refractivity contribution in [1.29, 1.82) is 0 Å². The maximum absolute atomic E-state index is 13.2. The molecule has 1 aromatic heterocycles. The highest BCUT2D eigenvalue weighted by Gasteiger charge is 2.31. The molecule has 0 radical (unpaired) electrons. The van der Waals surface area contributed by atoms with Crippen LogP contribution in [0.4, 0.5) is 4.39 Å². The van der Waals surface area contributed by atoms with Crippen LogP contribution < -0.4 is 5.32 Å². The molecular formula is C20H16FNO4. The van der Waals surface area contributed by atoms with Gasteiger partial charge < -0.3 is 14.5 Å². The van der Waals surface area contributed by atoms with Gasteiger partial charge in [0.25, 0.3) is 5.91 Å². The van der Waals surface area contributed by atoms with E-state index in [2.05, 4.69) is 5.32 Å². The summed E-state index contributed by atoms with van der Waals surface area (Å²) in [7, 11) is 0. The van der Waals surface area contributed by atoms with Gasteiger partial charge in [0.2, 0.25) is 11.9 Å². The van der Waals surface area contributed by atoms with E-state index >= 15 is 0 Å². The van der Waals surface area contributed by atoms with Crippen LogP contribution >= 0.6 is 0 Å². The smallest absolute Gasteiger partial charge is 0.375 e. The molecule has 1 saturated carbocycles. The van der Waals surface area contributed by atoms with Crippen molar-refractivity contribution in [3.8, 4) is 0 Å². The molecule has 5 nitrogen and oxygen atoms in total. The average Bonchev–Trinajstić information content (AvgIpc) is 3.34. The van der Waals surface area contributed by atoms with Gasteiger partial charge in [-0.15, -0.1) is 0 Å². The lowest BCUT2D eigenvalue weighted by Gasteiger charge is -2.17. The second-order valence-electron chi connectivity index (χ2n) is 6.27. The zero-order valence-corrected chi connectivity index (χ0v) is 13.8. The summed E-state index contributed by atoms with van der Waals surface area (Å²) in [6, 6.07) is 14.2. The van der Waals surface area contributed by atoms with Crippen molar-refractivity contribution in [3.05, 3.63) is 71.7 Å². The largest absolute Gasteiger partial charge is 0.449 e. The SMILES string of the molecule is O=C(O[C@@H](C(=O)NC1CC1)c1ccc(F)cc1)c1cc2ccccc2o1. The fraction of sp³-hybridized carbons (Fsp3) is 0.200. The number of halogens is 1. The zero-order valence-electron chi connectivity index (χ0n) is 13.8. The van der Waals surface area contributed by atoms with Gasteiger partial charge in [-0.05, 0) is 37.1 Å². The average molecular weight is 353 g/mol. The summed E-state index contributed by atoms with van der Waals surface area (Å²) < 4.78 is 24.1. The highest BCUT2D eigenvalue weighted by molar-refractivity contribution is 5.94. The Kier molecular flexibility index (Phi) is 4.16. The third kappa shape index (κ3) is 3.44. The fourth-order valence-corrected chi connectivity index (χ4v) is 2.66. The number of carbonyl (C=O) groups is 2. The third-order valence-electron chi connectivity index (χ3n) is 4.19. The van der Waals surface area contributed by atoms with E-state index in [1.54, 1.807) is 18.2 Å². The van der Waals surface area contributed by atoms with Crippen molar-refractivity contribution >= 4 is 22.8 Å². The van der Waals surface area contributed by atoms with Gasteiger partial charge in [0, 0.05) is 17.0 Å². The highest BCUT2D eigenvalue weighted by Crippen LogP contribution is 2.26. The molecule has 0 bridgehead atoms. The number of esters is 1. The van der Waals surface area contributed by atoms with Gasteiger partial charge in [-0.2, -0.15) is 0 Å². The van der Waals surface area contributed by atoms with E-state index in [0.717, 1.165) is 18.2 Å². The van der Waals surface area contributed by atoms with Crippen molar-refractivity contribution in [2.45, 2.75) is 25.0 Å². The van der Waals surface area contributed by atoms with E-state index in [1.165, 1.54) is 24.3 Å². The summed E-state index contributed by atoms with van der Waals surface area (Å²) in [6.45, 7) is 0. The van der Waals surface area contributed by atoms with Crippen molar-refractivity contribution in [2.24, 2.45) is 0 Å². The number of hydrogen-bond donors (Lipinski definition) is 1. The van der Waals surface area contributed by atoms with E-state index in [4.69, 9.17) is 9.15 Å². The Bertz CT molecular complexity index is 926. The summed E-state index contributed by atoms with van der Waals surface area (Å²) in [4.78, 5) is 25.0. The second kappa shape index (κ2) is 6.63. The minimum Gasteiger partial charge on any atom is -0.449 e. The molecule has 3 aromatic rings. The summed E-state index contributed by atoms with van der Waals surface area (Å²) in [5.41, 5.74) is 0.953. The quantitative estimate of drug-likeness (QED) is 0.710. The van der Waals surface area contributed by atoms with Crippen LogP contribution in [0.25, 0.3) is 11.0 Å². The van der Waals surface area contributed by atoms with E-state index in [-0.39, 0.29) is 11.8 Å². The van der Waals surface area contributed by atoms with Crippen molar-refractivity contribution in [1.82, 2.24) is 5.32 Å². The van der Waals surface area contributed by atoms with Gasteiger partial charge in [-0.3, -0.25) is 4.79 Å². The van der Waals surface area contributed by atoms with Crippen molar-refractivity contribution in [3.63, 3.8) is 0 Å². The molecule has 0 aliphatic heterocycles. The highest BCUT2D eigenvalue weighted by atomic mass is 19.1. The lowest BCUT2D eigenvalue weighted by atomic mass is 10.1. The van der Waals surface area contributed by atoms with E-state index < -0.39 is 23.8 Å². The number of amides is 1. The number of para-hydroxylation sites is 1. The van der Waals surface area contributed by atoms with Crippen LogP contribution in [0, 0.1) is 5.82 Å². The van der Waals surface area contributed by atoms with Crippen LogP contribution in [0.2, 0.25) is 0 Å². The number of nitrogens with one attached hydrogen (secondary N) is 1. The van der Waals surface area contributed by atoms with Crippen molar-refractivity contribution < 1.29 is 23.1 Å². The Labute approximate surface area is 148 Å². The number of carbonyl (C=O) groups excluding carboxylic acids is 2. The summed E-state index contributed by atoms with van der Waals surface area (Å²) in [5, 5.41) is 3.57. The number of benzene rings is 2. The van der Waals surface area contributed by atoms with Crippen LogP contribution in [0.3, 0.4) is 0 Å². The Morgan fingerprint density at radius 3 is 2.54 bits per heavy atom. The molecule has 1 fully saturated rings. The maximum Gasteiger partial charge on any atom is 0.375 e. The van der Waals surface area contributed by atoms with Crippen LogP contribution in [-0.2, 0) is 9.53 Å². The Hall–Kier alpha value is -3.15. The minimum absolute atomic E-state index is 0.0116. The lowest BCUT2D eigenvalue weighted by molar-refractivity contribution is -0.130. The third-order valence-corrected chi connectivity index (χ3v) is 4.19. The summed E-state index contributed by atoms with van der Waals surface area (Å²) in [5.74, 6) is -1.60. The van der Waals surface area contributed by atoms with Gasteiger partial charge in [0.1, 0.15) is 11.4 Å². The first-order chi connectivity index (χ1) is 12.6. The molecule has 2 aromatic carbocycles. The van der Waals surface area contributed by atoms with Crippen LogP contribution in [0.5, 0.6) is 0 Å². The Morgan fingerprint density at radius 1 is 1.12 bits per heavy atom. The number of furan rings is 1. The molecule has 1 heterocycles. The first-order valence-corrected chi connectivity index (χ1v) is 8.35. The topological polar surface area (TPSA) is 68.5 Å². The molecule has 4 rings (SSSR count). The molecule has 1 amide bonds.